The fourth-order valence-electron chi connectivity index (χ4n) is 1.82. The molecule has 0 aromatic heterocycles. The Morgan fingerprint density at radius 2 is 2.00 bits per heavy atom. The highest BCUT2D eigenvalue weighted by molar-refractivity contribution is 5.85. The second-order valence-electron chi connectivity index (χ2n) is 3.71. The maximum atomic E-state index is 8.71. The summed E-state index contributed by atoms with van der Waals surface area (Å²) in [6, 6.07) is 2.99. The minimum absolute atomic E-state index is 0. The van der Waals surface area contributed by atoms with Crippen molar-refractivity contribution in [2.24, 2.45) is 5.92 Å². The van der Waals surface area contributed by atoms with Gasteiger partial charge in [0.2, 0.25) is 0 Å². The van der Waals surface area contributed by atoms with Crippen LogP contribution in [0.25, 0.3) is 0 Å². The zero-order valence-corrected chi connectivity index (χ0v) is 9.35. The summed E-state index contributed by atoms with van der Waals surface area (Å²) in [4.78, 5) is 0. The minimum Gasteiger partial charge on any atom is -0.314 e. The highest BCUT2D eigenvalue weighted by atomic mass is 35.5. The number of hydrogen-bond donors (Lipinski definition) is 1. The Morgan fingerprint density at radius 3 is 2.50 bits per heavy atom. The molecule has 80 valence electrons. The first-order valence-corrected chi connectivity index (χ1v) is 5.10. The first kappa shape index (κ1) is 13.5. The summed E-state index contributed by atoms with van der Waals surface area (Å²) in [5.41, 5.74) is 0. The van der Waals surface area contributed by atoms with E-state index in [1.54, 1.807) is 0 Å². The summed E-state index contributed by atoms with van der Waals surface area (Å²) in [5.74, 6) is 0.317. The van der Waals surface area contributed by atoms with Crippen molar-refractivity contribution in [3.05, 3.63) is 12.7 Å². The molecule has 0 unspecified atom stereocenters. The van der Waals surface area contributed by atoms with Gasteiger partial charge in [-0.05, 0) is 38.6 Å². The molecule has 2 nitrogen and oxygen atoms in total. The molecule has 3 heteroatoms. The van der Waals surface area contributed by atoms with E-state index in [1.807, 2.05) is 6.08 Å². The van der Waals surface area contributed by atoms with Gasteiger partial charge in [0.15, 0.2) is 0 Å². The second kappa shape index (κ2) is 7.84. The second-order valence-corrected chi connectivity index (χ2v) is 3.71. The van der Waals surface area contributed by atoms with E-state index in [0.717, 1.165) is 38.6 Å². The summed E-state index contributed by atoms with van der Waals surface area (Å²) >= 11 is 0. The summed E-state index contributed by atoms with van der Waals surface area (Å²) in [6.45, 7) is 4.72. The van der Waals surface area contributed by atoms with Gasteiger partial charge in [-0.3, -0.25) is 0 Å². The number of nitriles is 1. The van der Waals surface area contributed by atoms with Crippen LogP contribution in [0, 0.1) is 17.2 Å². The molecule has 0 spiro atoms. The summed E-state index contributed by atoms with van der Waals surface area (Å²) in [5, 5.41) is 12.2. The average Bonchev–Trinajstić information content (AvgIpc) is 2.19. The number of halogens is 1. The lowest BCUT2D eigenvalue weighted by Gasteiger charge is -2.25. The van der Waals surface area contributed by atoms with Crippen LogP contribution in [-0.2, 0) is 0 Å². The van der Waals surface area contributed by atoms with Gasteiger partial charge in [-0.25, -0.2) is 0 Å². The van der Waals surface area contributed by atoms with Gasteiger partial charge in [0.1, 0.15) is 0 Å². The predicted octanol–water partition coefficient (Wildman–Crippen LogP) is 2.66. The lowest BCUT2D eigenvalue weighted by Crippen LogP contribution is -2.33. The van der Waals surface area contributed by atoms with Crippen molar-refractivity contribution in [2.75, 3.05) is 6.54 Å². The van der Waals surface area contributed by atoms with E-state index in [-0.39, 0.29) is 12.4 Å². The predicted molar refractivity (Wildman–Crippen MR) is 61.4 cm³/mol. The molecule has 0 aromatic rings. The molecule has 0 amide bonds. The van der Waals surface area contributed by atoms with E-state index in [0.29, 0.717) is 12.0 Å². The molecule has 0 saturated heterocycles. The van der Waals surface area contributed by atoms with Crippen molar-refractivity contribution < 1.29 is 0 Å². The van der Waals surface area contributed by atoms with Crippen molar-refractivity contribution in [3.63, 3.8) is 0 Å². The van der Waals surface area contributed by atoms with Crippen molar-refractivity contribution in [3.8, 4) is 6.07 Å². The quantitative estimate of drug-likeness (QED) is 0.577. The van der Waals surface area contributed by atoms with E-state index < -0.39 is 0 Å². The Balaban J connectivity index is 0.00000169. The lowest BCUT2D eigenvalue weighted by molar-refractivity contribution is 0.334. The first-order valence-electron chi connectivity index (χ1n) is 5.10. The average molecular weight is 215 g/mol. The third-order valence-electron chi connectivity index (χ3n) is 2.69. The zero-order chi connectivity index (χ0) is 9.52. The normalized spacial score (nSPS) is 25.9. The van der Waals surface area contributed by atoms with E-state index >= 15 is 0 Å². The molecule has 0 aromatic carbocycles. The Bertz CT molecular complexity index is 190. The van der Waals surface area contributed by atoms with Gasteiger partial charge in [0, 0.05) is 12.0 Å². The maximum absolute atomic E-state index is 8.71. The molecular weight excluding hydrogens is 196 g/mol. The molecule has 0 heterocycles. The van der Waals surface area contributed by atoms with Crippen molar-refractivity contribution in [1.29, 1.82) is 5.26 Å². The molecule has 1 N–H and O–H groups in total. The molecule has 14 heavy (non-hydrogen) atoms. The molecule has 1 rings (SSSR count). The monoisotopic (exact) mass is 214 g/mol. The van der Waals surface area contributed by atoms with Crippen LogP contribution in [0.5, 0.6) is 0 Å². The highest BCUT2D eigenvalue weighted by Crippen LogP contribution is 2.23. The first-order chi connectivity index (χ1) is 6.36. The largest absolute Gasteiger partial charge is 0.314 e. The molecule has 1 fully saturated rings. The molecule has 1 saturated carbocycles. The Morgan fingerprint density at radius 1 is 1.36 bits per heavy atom. The summed E-state index contributed by atoms with van der Waals surface area (Å²) in [7, 11) is 0. The van der Waals surface area contributed by atoms with Crippen molar-refractivity contribution in [2.45, 2.75) is 38.1 Å². The molecule has 0 aliphatic heterocycles. The lowest BCUT2D eigenvalue weighted by atomic mass is 9.87. The Labute approximate surface area is 92.8 Å². The standard InChI is InChI=1S/C11H18N2.ClH/c1-2-3-8-13-11-6-4-10(9-12)5-7-11;/h2,10-11,13H,1,3-8H2;1H. The number of hydrogen-bond acceptors (Lipinski definition) is 2. The van der Waals surface area contributed by atoms with Crippen LogP contribution in [0.3, 0.4) is 0 Å². The van der Waals surface area contributed by atoms with Crippen LogP contribution < -0.4 is 5.32 Å². The molecule has 0 bridgehead atoms. The molecule has 0 radical (unpaired) electrons. The molecule has 1 aliphatic rings. The van der Waals surface area contributed by atoms with Gasteiger partial charge in [-0.15, -0.1) is 19.0 Å². The van der Waals surface area contributed by atoms with Crippen LogP contribution in [0.2, 0.25) is 0 Å². The number of nitrogens with one attached hydrogen (secondary N) is 1. The highest BCUT2D eigenvalue weighted by Gasteiger charge is 2.19. The van der Waals surface area contributed by atoms with Gasteiger partial charge in [-0.2, -0.15) is 5.26 Å². The van der Waals surface area contributed by atoms with Gasteiger partial charge in [-0.1, -0.05) is 6.08 Å². The van der Waals surface area contributed by atoms with Gasteiger partial charge >= 0.3 is 0 Å². The van der Waals surface area contributed by atoms with E-state index in [4.69, 9.17) is 5.26 Å². The summed E-state index contributed by atoms with van der Waals surface area (Å²) < 4.78 is 0. The van der Waals surface area contributed by atoms with E-state index in [1.165, 1.54) is 0 Å². The molecule has 1 aliphatic carbocycles. The fraction of sp³-hybridized carbons (Fsp3) is 0.727. The van der Waals surface area contributed by atoms with Crippen LogP contribution >= 0.6 is 12.4 Å². The Kier molecular flexibility index (Phi) is 7.55. The molecule has 0 atom stereocenters. The van der Waals surface area contributed by atoms with Gasteiger partial charge in [0.05, 0.1) is 6.07 Å². The summed E-state index contributed by atoms with van der Waals surface area (Å²) in [6.07, 6.45) is 7.45. The number of rotatable bonds is 4. The van der Waals surface area contributed by atoms with Crippen LogP contribution in [0.4, 0.5) is 0 Å². The van der Waals surface area contributed by atoms with Crippen molar-refractivity contribution in [1.82, 2.24) is 5.32 Å². The van der Waals surface area contributed by atoms with E-state index in [2.05, 4.69) is 18.0 Å². The minimum atomic E-state index is 0. The van der Waals surface area contributed by atoms with Gasteiger partial charge < -0.3 is 5.32 Å². The number of nitrogens with zero attached hydrogens (tertiary/aromatic N) is 1. The van der Waals surface area contributed by atoms with Crippen LogP contribution in [-0.4, -0.2) is 12.6 Å². The van der Waals surface area contributed by atoms with Crippen LogP contribution in [0.15, 0.2) is 12.7 Å². The maximum Gasteiger partial charge on any atom is 0.0655 e. The molecular formula is C11H19ClN2. The third-order valence-corrected chi connectivity index (χ3v) is 2.69. The smallest absolute Gasteiger partial charge is 0.0655 e. The van der Waals surface area contributed by atoms with E-state index in [9.17, 15) is 0 Å². The fourth-order valence-corrected chi connectivity index (χ4v) is 1.82. The van der Waals surface area contributed by atoms with Gasteiger partial charge in [0.25, 0.3) is 0 Å². The SMILES string of the molecule is C=CCCNC1CCC(C#N)CC1.Cl. The Hall–Kier alpha value is -0.520. The zero-order valence-electron chi connectivity index (χ0n) is 8.54. The third kappa shape index (κ3) is 4.64. The van der Waals surface area contributed by atoms with Crippen molar-refractivity contribution >= 4 is 12.4 Å². The van der Waals surface area contributed by atoms with Crippen LogP contribution in [0.1, 0.15) is 32.1 Å². The topological polar surface area (TPSA) is 35.8 Å².